The predicted molar refractivity (Wildman–Crippen MR) is 55.3 cm³/mol. The van der Waals surface area contributed by atoms with Gasteiger partial charge in [0.1, 0.15) is 0 Å². The van der Waals surface area contributed by atoms with Gasteiger partial charge in [-0.05, 0) is 25.2 Å². The van der Waals surface area contributed by atoms with E-state index in [1.807, 2.05) is 0 Å². The van der Waals surface area contributed by atoms with Gasteiger partial charge in [-0.3, -0.25) is 0 Å². The summed E-state index contributed by atoms with van der Waals surface area (Å²) in [6.45, 7) is 2.28. The van der Waals surface area contributed by atoms with E-state index in [0.29, 0.717) is 11.2 Å². The SMILES string of the molecule is CC1CCC(Nc2nsnc2Cl)C1. The molecule has 0 saturated heterocycles. The topological polar surface area (TPSA) is 37.8 Å². The zero-order valence-electron chi connectivity index (χ0n) is 7.46. The van der Waals surface area contributed by atoms with Crippen LogP contribution in [0.5, 0.6) is 0 Å². The lowest BCUT2D eigenvalue weighted by atomic mass is 10.1. The molecule has 1 fully saturated rings. The van der Waals surface area contributed by atoms with Crippen LogP contribution in [0.25, 0.3) is 0 Å². The lowest BCUT2D eigenvalue weighted by Crippen LogP contribution is -2.15. The highest BCUT2D eigenvalue weighted by Gasteiger charge is 2.22. The van der Waals surface area contributed by atoms with Gasteiger partial charge in [0.25, 0.3) is 0 Å². The Morgan fingerprint density at radius 3 is 2.85 bits per heavy atom. The first-order chi connectivity index (χ1) is 6.25. The van der Waals surface area contributed by atoms with Crippen molar-refractivity contribution in [3.8, 4) is 0 Å². The number of aromatic nitrogens is 2. The Hall–Kier alpha value is -0.350. The lowest BCUT2D eigenvalue weighted by Gasteiger charge is -2.10. The number of rotatable bonds is 2. The van der Waals surface area contributed by atoms with Crippen molar-refractivity contribution >= 4 is 29.1 Å². The maximum absolute atomic E-state index is 5.83. The summed E-state index contributed by atoms with van der Waals surface area (Å²) in [5, 5.41) is 3.83. The van der Waals surface area contributed by atoms with Crippen molar-refractivity contribution in [1.29, 1.82) is 0 Å². The van der Waals surface area contributed by atoms with Crippen LogP contribution in [0.15, 0.2) is 0 Å². The molecule has 0 spiro atoms. The molecule has 0 aromatic carbocycles. The van der Waals surface area contributed by atoms with Crippen molar-refractivity contribution in [1.82, 2.24) is 8.75 Å². The highest BCUT2D eigenvalue weighted by Crippen LogP contribution is 2.28. The zero-order chi connectivity index (χ0) is 9.26. The molecule has 1 heterocycles. The fraction of sp³-hybridized carbons (Fsp3) is 0.750. The fourth-order valence-electron chi connectivity index (χ4n) is 1.80. The van der Waals surface area contributed by atoms with Crippen LogP contribution >= 0.6 is 23.3 Å². The van der Waals surface area contributed by atoms with E-state index in [-0.39, 0.29) is 0 Å². The summed E-state index contributed by atoms with van der Waals surface area (Å²) < 4.78 is 8.00. The molecule has 1 saturated carbocycles. The molecule has 1 aromatic rings. The first-order valence-corrected chi connectivity index (χ1v) is 5.61. The van der Waals surface area contributed by atoms with Crippen LogP contribution in [0.3, 0.4) is 0 Å². The molecule has 72 valence electrons. The monoisotopic (exact) mass is 217 g/mol. The standard InChI is InChI=1S/C8H12ClN3S/c1-5-2-3-6(4-5)10-8-7(9)11-13-12-8/h5-6H,2-4H2,1H3,(H,10,12). The van der Waals surface area contributed by atoms with Gasteiger partial charge >= 0.3 is 0 Å². The molecule has 5 heteroatoms. The summed E-state index contributed by atoms with van der Waals surface area (Å²) in [5.41, 5.74) is 0. The first kappa shape index (κ1) is 9.21. The van der Waals surface area contributed by atoms with Gasteiger partial charge in [0.05, 0.1) is 11.7 Å². The first-order valence-electron chi connectivity index (χ1n) is 4.50. The van der Waals surface area contributed by atoms with Crippen molar-refractivity contribution in [2.45, 2.75) is 32.2 Å². The van der Waals surface area contributed by atoms with E-state index in [1.54, 1.807) is 0 Å². The summed E-state index contributed by atoms with van der Waals surface area (Å²) >= 11 is 6.98. The minimum absolute atomic E-state index is 0.504. The summed E-state index contributed by atoms with van der Waals surface area (Å²) in [6.07, 6.45) is 3.73. The van der Waals surface area contributed by atoms with Crippen LogP contribution in [0, 0.1) is 5.92 Å². The van der Waals surface area contributed by atoms with Crippen molar-refractivity contribution < 1.29 is 0 Å². The summed E-state index contributed by atoms with van der Waals surface area (Å²) in [4.78, 5) is 0. The molecule has 1 aliphatic carbocycles. The smallest absolute Gasteiger partial charge is 0.186 e. The Morgan fingerprint density at radius 1 is 1.46 bits per heavy atom. The van der Waals surface area contributed by atoms with Gasteiger partial charge in [-0.2, -0.15) is 8.75 Å². The summed E-state index contributed by atoms with van der Waals surface area (Å²) in [7, 11) is 0. The Kier molecular flexibility index (Phi) is 2.69. The second-order valence-electron chi connectivity index (χ2n) is 3.66. The van der Waals surface area contributed by atoms with E-state index < -0.39 is 0 Å². The molecule has 2 atom stereocenters. The maximum Gasteiger partial charge on any atom is 0.186 e. The second kappa shape index (κ2) is 3.80. The van der Waals surface area contributed by atoms with Crippen molar-refractivity contribution in [2.75, 3.05) is 5.32 Å². The summed E-state index contributed by atoms with van der Waals surface area (Å²) in [5.74, 6) is 1.58. The molecular weight excluding hydrogens is 206 g/mol. The van der Waals surface area contributed by atoms with Gasteiger partial charge in [-0.1, -0.05) is 18.5 Å². The Labute approximate surface area is 86.8 Å². The molecule has 1 N–H and O–H groups in total. The Morgan fingerprint density at radius 2 is 2.31 bits per heavy atom. The second-order valence-corrected chi connectivity index (χ2v) is 4.55. The average molecular weight is 218 g/mol. The van der Waals surface area contributed by atoms with E-state index in [4.69, 9.17) is 11.6 Å². The molecule has 0 bridgehead atoms. The van der Waals surface area contributed by atoms with Gasteiger partial charge < -0.3 is 5.32 Å². The van der Waals surface area contributed by atoms with E-state index in [0.717, 1.165) is 23.5 Å². The van der Waals surface area contributed by atoms with Gasteiger partial charge in [0.2, 0.25) is 0 Å². The van der Waals surface area contributed by atoms with Crippen LogP contribution in [-0.4, -0.2) is 14.8 Å². The minimum atomic E-state index is 0.504. The molecular formula is C8H12ClN3S. The average Bonchev–Trinajstić information content (AvgIpc) is 2.64. The molecule has 0 aliphatic heterocycles. The van der Waals surface area contributed by atoms with E-state index in [1.165, 1.54) is 19.3 Å². The normalized spacial score (nSPS) is 27.8. The van der Waals surface area contributed by atoms with Gasteiger partial charge in [-0.25, -0.2) is 0 Å². The minimum Gasteiger partial charge on any atom is -0.364 e. The van der Waals surface area contributed by atoms with E-state index in [9.17, 15) is 0 Å². The third kappa shape index (κ3) is 2.11. The van der Waals surface area contributed by atoms with Gasteiger partial charge in [0.15, 0.2) is 11.0 Å². The van der Waals surface area contributed by atoms with Crippen LogP contribution < -0.4 is 5.32 Å². The van der Waals surface area contributed by atoms with E-state index >= 15 is 0 Å². The summed E-state index contributed by atoms with van der Waals surface area (Å²) in [6, 6.07) is 0.538. The number of hydrogen-bond acceptors (Lipinski definition) is 4. The van der Waals surface area contributed by atoms with Crippen molar-refractivity contribution in [2.24, 2.45) is 5.92 Å². The molecule has 0 radical (unpaired) electrons. The largest absolute Gasteiger partial charge is 0.364 e. The van der Waals surface area contributed by atoms with Crippen LogP contribution in [0.4, 0.5) is 5.82 Å². The molecule has 2 rings (SSSR count). The predicted octanol–water partition coefficient (Wildman–Crippen LogP) is 2.79. The van der Waals surface area contributed by atoms with Crippen LogP contribution in [0.2, 0.25) is 5.15 Å². The third-order valence-electron chi connectivity index (χ3n) is 2.48. The number of nitrogens with one attached hydrogen (secondary N) is 1. The van der Waals surface area contributed by atoms with Gasteiger partial charge in [0, 0.05) is 6.04 Å². The molecule has 1 aliphatic rings. The maximum atomic E-state index is 5.83. The highest BCUT2D eigenvalue weighted by atomic mass is 35.5. The molecule has 2 unspecified atom stereocenters. The van der Waals surface area contributed by atoms with Gasteiger partial charge in [-0.15, -0.1) is 0 Å². The van der Waals surface area contributed by atoms with Crippen molar-refractivity contribution in [3.63, 3.8) is 0 Å². The van der Waals surface area contributed by atoms with E-state index in [2.05, 4.69) is 21.0 Å². The van der Waals surface area contributed by atoms with Crippen LogP contribution in [-0.2, 0) is 0 Å². The zero-order valence-corrected chi connectivity index (χ0v) is 9.03. The molecule has 1 aromatic heterocycles. The number of anilines is 1. The number of halogens is 1. The van der Waals surface area contributed by atoms with Crippen LogP contribution in [0.1, 0.15) is 26.2 Å². The van der Waals surface area contributed by atoms with Crippen molar-refractivity contribution in [3.05, 3.63) is 5.15 Å². The Balaban J connectivity index is 1.95. The lowest BCUT2D eigenvalue weighted by molar-refractivity contribution is 0.602. The molecule has 13 heavy (non-hydrogen) atoms. The molecule has 0 amide bonds. The number of nitrogens with zero attached hydrogens (tertiary/aromatic N) is 2. The fourth-order valence-corrected chi connectivity index (χ4v) is 2.45. The quantitative estimate of drug-likeness (QED) is 0.828. The number of hydrogen-bond donors (Lipinski definition) is 1. The highest BCUT2D eigenvalue weighted by molar-refractivity contribution is 6.99. The third-order valence-corrected chi connectivity index (χ3v) is 3.38. The molecule has 3 nitrogen and oxygen atoms in total. The Bertz CT molecular complexity index is 289.